The Morgan fingerprint density at radius 3 is 1.12 bits per heavy atom. The Kier molecular flexibility index (Phi) is 26.8. The quantitative estimate of drug-likeness (QED) is 0.0486. The van der Waals surface area contributed by atoms with Crippen molar-refractivity contribution in [2.24, 2.45) is 11.8 Å². The standard InChI is InChI=1S/C26H31N3O6S.C26H29NO4.C25H28N2O4.C19H17NO5S/c1-28(18-9-11-29(12-10-18)36(2,32)33)13-14-34-20-5-7-21-17(15-20)3-8-24-25(21)26(27-35-24)22-6-4-19(30)16-23(22)31;28-19-9-11-22(23(29)16-19)26-25-21-12-10-20(15-18(21)8-13-24(25)31-27-26)30-14-4-7-17-5-2-1-3-6-17;28-18-4-6-21(22(29)15-18)25-24-20-7-5-19(14-17(20)3-8-23(24)31-27-25)30-13-1-2-16-9-11-26-12-10-16;1-2-26(23,24)13-5-7-14-11(9-13)3-8-17-18(14)19(20-25-17)15-6-4-12(21)10-16(15)22/h3,5,7-8,15,18,22H,4,6,9-14,16H2,1-2H3;8,10,12-13,15,17,22H,1-7,9,11,14,16H2;3,5,7-8,14,16,21,26H,1-2,4,6,9-13,15H2;3,5,7-9,15H,2,4,6,10H2,1H3. The molecule has 19 rings (SSSR count). The van der Waals surface area contributed by atoms with Crippen LogP contribution in [-0.2, 0) is 58.2 Å². The van der Waals surface area contributed by atoms with Gasteiger partial charge in [-0.3, -0.25) is 43.3 Å². The molecule has 0 bridgehead atoms. The molecule has 4 unspecified atom stereocenters. The van der Waals surface area contributed by atoms with E-state index in [4.69, 9.17) is 32.3 Å². The lowest BCUT2D eigenvalue weighted by Crippen LogP contribution is -2.46. The Bertz CT molecular complexity index is 6130. The number of carbonyl (C=O) groups excluding carboxylic acids is 8. The summed E-state index contributed by atoms with van der Waals surface area (Å²) >= 11 is 0. The monoisotopic (exact) mass is 1720 g/mol. The highest BCUT2D eigenvalue weighted by molar-refractivity contribution is 7.91. The number of carbonyl (C=O) groups is 8. The number of hydrogen-bond donors (Lipinski definition) is 1. The molecule has 7 fully saturated rings. The number of nitrogens with zero attached hydrogens (tertiary/aromatic N) is 6. The third-order valence-corrected chi connectivity index (χ3v) is 29.3. The molecular weight excluding hydrogens is 1620 g/mol. The van der Waals surface area contributed by atoms with E-state index in [0.717, 1.165) is 152 Å². The third-order valence-electron chi connectivity index (χ3n) is 26.2. The van der Waals surface area contributed by atoms with E-state index in [1.807, 2.05) is 84.9 Å². The molecule has 5 saturated carbocycles. The molecule has 28 heteroatoms. The van der Waals surface area contributed by atoms with E-state index in [2.05, 4.69) is 44.0 Å². The van der Waals surface area contributed by atoms with Crippen LogP contribution < -0.4 is 19.5 Å². The number of ether oxygens (including phenoxy) is 3. The maximum absolute atomic E-state index is 12.5. The van der Waals surface area contributed by atoms with Gasteiger partial charge < -0.3 is 37.6 Å². The van der Waals surface area contributed by atoms with Crippen LogP contribution in [0.3, 0.4) is 0 Å². The molecule has 124 heavy (non-hydrogen) atoms. The molecule has 2 saturated heterocycles. The number of ketones is 8. The number of nitrogens with one attached hydrogen (secondary N) is 1. The smallest absolute Gasteiger partial charge is 0.211 e. The Morgan fingerprint density at radius 1 is 0.419 bits per heavy atom. The lowest BCUT2D eigenvalue weighted by atomic mass is 9.83. The maximum Gasteiger partial charge on any atom is 0.211 e. The van der Waals surface area contributed by atoms with E-state index < -0.39 is 31.7 Å². The van der Waals surface area contributed by atoms with Crippen molar-refractivity contribution in [1.82, 2.24) is 35.1 Å². The number of fused-ring (bicyclic) bond motifs is 12. The van der Waals surface area contributed by atoms with Crippen LogP contribution in [0.15, 0.2) is 144 Å². The van der Waals surface area contributed by atoms with E-state index in [1.165, 1.54) is 64.0 Å². The molecule has 0 radical (unpaired) electrons. The Labute approximate surface area is 718 Å². The van der Waals surface area contributed by atoms with Crippen LogP contribution in [0, 0.1) is 11.8 Å². The zero-order valence-corrected chi connectivity index (χ0v) is 72.0. The van der Waals surface area contributed by atoms with Gasteiger partial charge in [0.2, 0.25) is 10.0 Å². The third kappa shape index (κ3) is 19.7. The molecule has 2 aliphatic heterocycles. The van der Waals surface area contributed by atoms with Gasteiger partial charge in [-0.25, -0.2) is 21.1 Å². The normalized spacial score (nSPS) is 20.2. The van der Waals surface area contributed by atoms with Gasteiger partial charge in [0.15, 0.2) is 32.2 Å². The minimum absolute atomic E-state index is 0.000850. The first-order chi connectivity index (χ1) is 60.0. The molecule has 650 valence electrons. The lowest BCUT2D eigenvalue weighted by Gasteiger charge is -2.35. The van der Waals surface area contributed by atoms with Crippen molar-refractivity contribution in [3.05, 3.63) is 144 Å². The van der Waals surface area contributed by atoms with E-state index in [9.17, 15) is 55.2 Å². The predicted molar refractivity (Wildman–Crippen MR) is 469 cm³/mol. The SMILES string of the molecule is CCS(=O)(=O)c1ccc2c(ccc3onc(C4CCC(=O)CC4=O)c32)c1.CN(CCOc1ccc2c(ccc3onc(C4CCC(=O)CC4=O)c32)c1)C1CCN(S(C)(=O)=O)CC1.O=C1CCC(c2noc3ccc4cc(OCCCC5CCCCC5)ccc4c23)C(=O)C1.O=C1CCC(c2noc3ccc4cc(OCCCC5CCNCC5)ccc4c23)C(=O)C1. The van der Waals surface area contributed by atoms with Crippen molar-refractivity contribution in [2.45, 2.75) is 202 Å². The summed E-state index contributed by atoms with van der Waals surface area (Å²) in [6, 6.07) is 38.4. The predicted octanol–water partition coefficient (Wildman–Crippen LogP) is 17.0. The fourth-order valence-corrected chi connectivity index (χ4v) is 21.0. The van der Waals surface area contributed by atoms with Crippen LogP contribution in [0.2, 0.25) is 0 Å². The zero-order chi connectivity index (χ0) is 86.3. The van der Waals surface area contributed by atoms with Gasteiger partial charge in [-0.15, -0.1) is 0 Å². The molecule has 8 aromatic carbocycles. The second-order valence-electron chi connectivity index (χ2n) is 34.5. The van der Waals surface area contributed by atoms with Crippen LogP contribution in [0.1, 0.15) is 214 Å². The Hall–Kier alpha value is -10.8. The molecule has 12 aromatic rings. The van der Waals surface area contributed by atoms with Crippen LogP contribution in [-0.4, -0.2) is 171 Å². The van der Waals surface area contributed by atoms with E-state index in [0.29, 0.717) is 122 Å². The summed E-state index contributed by atoms with van der Waals surface area (Å²) in [7, 11) is -4.38. The molecule has 4 atom stereocenters. The first kappa shape index (κ1) is 86.7. The largest absolute Gasteiger partial charge is 0.494 e. The van der Waals surface area contributed by atoms with Gasteiger partial charge in [0.05, 0.1) is 101 Å². The van der Waals surface area contributed by atoms with Crippen molar-refractivity contribution in [3.63, 3.8) is 0 Å². The number of piperidine rings is 2. The molecule has 0 amide bonds. The summed E-state index contributed by atoms with van der Waals surface area (Å²) < 4.78 is 89.4. The van der Waals surface area contributed by atoms with Gasteiger partial charge in [-0.05, 0) is 243 Å². The summed E-state index contributed by atoms with van der Waals surface area (Å²) in [4.78, 5) is 98.7. The lowest BCUT2D eigenvalue weighted by molar-refractivity contribution is -0.132. The topological polar surface area (TPSA) is 355 Å². The van der Waals surface area contributed by atoms with E-state index in [-0.39, 0.29) is 94.4 Å². The van der Waals surface area contributed by atoms with Crippen LogP contribution >= 0.6 is 0 Å². The van der Waals surface area contributed by atoms with Gasteiger partial charge in [0, 0.05) is 51.4 Å². The van der Waals surface area contributed by atoms with Crippen LogP contribution in [0.25, 0.3) is 87.0 Å². The van der Waals surface area contributed by atoms with Crippen LogP contribution in [0.4, 0.5) is 0 Å². The number of benzene rings is 8. The van der Waals surface area contributed by atoms with Gasteiger partial charge in [0.25, 0.3) is 0 Å². The average Bonchev–Trinajstić information content (AvgIpc) is 1.60. The minimum atomic E-state index is -3.31. The second kappa shape index (κ2) is 38.4. The number of sulfonamides is 1. The minimum Gasteiger partial charge on any atom is -0.494 e. The molecule has 5 aliphatic carbocycles. The number of hydrogen-bond acceptors (Lipinski definition) is 25. The Morgan fingerprint density at radius 2 is 0.766 bits per heavy atom. The van der Waals surface area contributed by atoms with Crippen molar-refractivity contribution in [3.8, 4) is 17.2 Å². The summed E-state index contributed by atoms with van der Waals surface area (Å²) in [5.41, 5.74) is 4.99. The van der Waals surface area contributed by atoms with Crippen molar-refractivity contribution in [1.29, 1.82) is 0 Å². The first-order valence-corrected chi connectivity index (χ1v) is 47.4. The van der Waals surface area contributed by atoms with E-state index in [1.54, 1.807) is 41.6 Å². The summed E-state index contributed by atoms with van der Waals surface area (Å²) in [6.07, 6.45) is 20.4. The molecular formula is C96H105N7O19S2. The maximum atomic E-state index is 12.5. The summed E-state index contributed by atoms with van der Waals surface area (Å²) in [5, 5.41) is 31.0. The van der Waals surface area contributed by atoms with Gasteiger partial charge in [-0.2, -0.15) is 0 Å². The van der Waals surface area contributed by atoms with Gasteiger partial charge >= 0.3 is 0 Å². The molecule has 26 nitrogen and oxygen atoms in total. The van der Waals surface area contributed by atoms with Crippen LogP contribution in [0.5, 0.6) is 17.2 Å². The molecule has 1 N–H and O–H groups in total. The number of rotatable bonds is 22. The highest BCUT2D eigenvalue weighted by atomic mass is 32.2. The summed E-state index contributed by atoms with van der Waals surface area (Å²) in [5.74, 6) is 2.24. The molecule has 0 spiro atoms. The second-order valence-corrected chi connectivity index (χ2v) is 38.7. The fraction of sp³-hybridized carbons (Fsp3) is 0.458. The van der Waals surface area contributed by atoms with Crippen molar-refractivity contribution >= 4 is 153 Å². The number of likely N-dealkylation sites (N-methyl/N-ethyl adjacent to an activating group) is 1. The number of sulfone groups is 1. The molecule has 7 aliphatic rings. The molecule has 6 heterocycles. The highest BCUT2D eigenvalue weighted by Crippen LogP contribution is 2.44. The average molecular weight is 1730 g/mol. The first-order valence-electron chi connectivity index (χ1n) is 43.9. The van der Waals surface area contributed by atoms with Crippen molar-refractivity contribution < 1.29 is 87.5 Å². The summed E-state index contributed by atoms with van der Waals surface area (Å²) in [6.45, 7) is 7.71. The number of aromatic nitrogens is 4. The van der Waals surface area contributed by atoms with Gasteiger partial charge in [-0.1, -0.05) is 90.0 Å². The van der Waals surface area contributed by atoms with Crippen molar-refractivity contribution in [2.75, 3.05) is 71.6 Å². The van der Waals surface area contributed by atoms with E-state index >= 15 is 0 Å². The fourth-order valence-electron chi connectivity index (χ4n) is 19.2. The highest BCUT2D eigenvalue weighted by Gasteiger charge is 2.38. The molecule has 4 aromatic heterocycles. The Balaban J connectivity index is 0.000000123. The number of Topliss-reactive ketones (excluding diaryl/α,β-unsaturated/α-hetero) is 8. The van der Waals surface area contributed by atoms with Gasteiger partial charge in [0.1, 0.15) is 92.9 Å². The zero-order valence-electron chi connectivity index (χ0n) is 70.4.